The fraction of sp³-hybridized carbons (Fsp3) is 1.00. The van der Waals surface area contributed by atoms with Gasteiger partial charge in [-0.05, 0) is 5.41 Å². The van der Waals surface area contributed by atoms with Gasteiger partial charge < -0.3 is 25.2 Å². The van der Waals surface area contributed by atoms with Crippen LogP contribution in [0.2, 0.25) is 0 Å². The maximum Gasteiger partial charge on any atom is 0.161 e. The van der Waals surface area contributed by atoms with Gasteiger partial charge in [0.25, 0.3) is 0 Å². The molecule has 0 aromatic rings. The van der Waals surface area contributed by atoms with Crippen molar-refractivity contribution in [3.63, 3.8) is 0 Å². The Labute approximate surface area is 89.3 Å². The normalized spacial score (nSPS) is 43.0. The SMILES string of the molecule is CC(C)(C)[C@@H]1C(O)[C@H](O)C(CO)O[C@@H]1O. The second-order valence-electron chi connectivity index (χ2n) is 5.12. The van der Waals surface area contributed by atoms with E-state index in [1.165, 1.54) is 0 Å². The summed E-state index contributed by atoms with van der Waals surface area (Å²) in [5, 5.41) is 38.1. The van der Waals surface area contributed by atoms with Crippen molar-refractivity contribution < 1.29 is 25.2 Å². The highest BCUT2D eigenvalue weighted by molar-refractivity contribution is 4.93. The largest absolute Gasteiger partial charge is 0.394 e. The van der Waals surface area contributed by atoms with Crippen LogP contribution in [0.1, 0.15) is 20.8 Å². The molecule has 1 saturated heterocycles. The van der Waals surface area contributed by atoms with Crippen molar-refractivity contribution in [3.8, 4) is 0 Å². The topological polar surface area (TPSA) is 90.2 Å². The molecule has 2 unspecified atom stereocenters. The van der Waals surface area contributed by atoms with Gasteiger partial charge in [0.2, 0.25) is 0 Å². The molecule has 0 aliphatic carbocycles. The molecule has 15 heavy (non-hydrogen) atoms. The second-order valence-corrected chi connectivity index (χ2v) is 5.12. The molecule has 4 N–H and O–H groups in total. The van der Waals surface area contributed by atoms with Gasteiger partial charge in [-0.1, -0.05) is 20.8 Å². The smallest absolute Gasteiger partial charge is 0.161 e. The van der Waals surface area contributed by atoms with Crippen LogP contribution < -0.4 is 0 Å². The van der Waals surface area contributed by atoms with Crippen LogP contribution in [0.4, 0.5) is 0 Å². The fourth-order valence-electron chi connectivity index (χ4n) is 2.04. The van der Waals surface area contributed by atoms with E-state index in [2.05, 4.69) is 0 Å². The van der Waals surface area contributed by atoms with E-state index in [1.807, 2.05) is 20.8 Å². The van der Waals surface area contributed by atoms with Crippen LogP contribution in [-0.4, -0.2) is 51.6 Å². The lowest BCUT2D eigenvalue weighted by Crippen LogP contribution is -2.58. The molecule has 0 aromatic carbocycles. The van der Waals surface area contributed by atoms with E-state index in [-0.39, 0.29) is 5.41 Å². The average Bonchev–Trinajstić information content (AvgIpc) is 2.09. The summed E-state index contributed by atoms with van der Waals surface area (Å²) in [6, 6.07) is 0. The van der Waals surface area contributed by atoms with E-state index in [1.54, 1.807) is 0 Å². The number of hydrogen-bond acceptors (Lipinski definition) is 5. The molecule has 1 aliphatic heterocycles. The summed E-state index contributed by atoms with van der Waals surface area (Å²) in [4.78, 5) is 0. The van der Waals surface area contributed by atoms with Gasteiger partial charge in [0.05, 0.1) is 12.7 Å². The van der Waals surface area contributed by atoms with E-state index >= 15 is 0 Å². The van der Waals surface area contributed by atoms with Crippen molar-refractivity contribution in [1.29, 1.82) is 0 Å². The predicted octanol–water partition coefficient (Wildman–Crippen LogP) is -0.920. The van der Waals surface area contributed by atoms with Crippen molar-refractivity contribution in [3.05, 3.63) is 0 Å². The summed E-state index contributed by atoms with van der Waals surface area (Å²) in [5.74, 6) is -0.574. The summed E-state index contributed by atoms with van der Waals surface area (Å²) >= 11 is 0. The van der Waals surface area contributed by atoms with E-state index in [9.17, 15) is 15.3 Å². The Morgan fingerprint density at radius 3 is 2.00 bits per heavy atom. The van der Waals surface area contributed by atoms with E-state index < -0.39 is 37.1 Å². The molecular weight excluding hydrogens is 200 g/mol. The highest BCUT2D eigenvalue weighted by atomic mass is 16.6. The summed E-state index contributed by atoms with van der Waals surface area (Å²) in [6.07, 6.45) is -4.34. The number of aliphatic hydroxyl groups excluding tert-OH is 4. The lowest BCUT2D eigenvalue weighted by molar-refractivity contribution is -0.286. The van der Waals surface area contributed by atoms with Crippen LogP contribution in [0.3, 0.4) is 0 Å². The zero-order chi connectivity index (χ0) is 11.8. The van der Waals surface area contributed by atoms with E-state index in [0.717, 1.165) is 0 Å². The summed E-state index contributed by atoms with van der Waals surface area (Å²) in [6.45, 7) is 5.12. The maximum atomic E-state index is 9.84. The van der Waals surface area contributed by atoms with Crippen molar-refractivity contribution in [2.45, 2.75) is 45.4 Å². The zero-order valence-electron chi connectivity index (χ0n) is 9.29. The van der Waals surface area contributed by atoms with Crippen molar-refractivity contribution >= 4 is 0 Å². The third-order valence-corrected chi connectivity index (χ3v) is 2.90. The maximum absolute atomic E-state index is 9.84. The third kappa shape index (κ3) is 2.49. The molecule has 0 amide bonds. The molecule has 1 rings (SSSR count). The molecule has 1 aliphatic rings. The summed E-state index contributed by atoms with van der Waals surface area (Å²) < 4.78 is 5.05. The average molecular weight is 220 g/mol. The van der Waals surface area contributed by atoms with E-state index in [0.29, 0.717) is 0 Å². The highest BCUT2D eigenvalue weighted by Crippen LogP contribution is 2.37. The minimum absolute atomic E-state index is 0.389. The Kier molecular flexibility index (Phi) is 3.73. The number of ether oxygens (including phenoxy) is 1. The van der Waals surface area contributed by atoms with Gasteiger partial charge in [-0.3, -0.25) is 0 Å². The van der Waals surface area contributed by atoms with Crippen LogP contribution in [0.5, 0.6) is 0 Å². The van der Waals surface area contributed by atoms with Crippen molar-refractivity contribution in [2.75, 3.05) is 6.61 Å². The molecule has 0 saturated carbocycles. The van der Waals surface area contributed by atoms with Gasteiger partial charge in [0.15, 0.2) is 6.29 Å². The standard InChI is InChI=1S/C10H20O5/c1-10(2,3)6-8(13)7(12)5(4-11)15-9(6)14/h5-9,11-14H,4H2,1-3H3/t5?,6-,7-,8?,9+/m1/s1. The Morgan fingerprint density at radius 2 is 1.60 bits per heavy atom. The first-order valence-electron chi connectivity index (χ1n) is 5.09. The summed E-state index contributed by atoms with van der Waals surface area (Å²) in [5.41, 5.74) is -0.389. The molecule has 1 fully saturated rings. The predicted molar refractivity (Wildman–Crippen MR) is 52.9 cm³/mol. The molecule has 5 nitrogen and oxygen atoms in total. The quantitative estimate of drug-likeness (QED) is 0.459. The number of hydrogen-bond donors (Lipinski definition) is 4. The lowest BCUT2D eigenvalue weighted by atomic mass is 9.73. The van der Waals surface area contributed by atoms with Gasteiger partial charge in [0.1, 0.15) is 12.2 Å². The molecule has 5 heteroatoms. The molecule has 90 valence electrons. The van der Waals surface area contributed by atoms with Crippen LogP contribution in [0.15, 0.2) is 0 Å². The van der Waals surface area contributed by atoms with Gasteiger partial charge in [-0.15, -0.1) is 0 Å². The Hall–Kier alpha value is -0.200. The first-order valence-corrected chi connectivity index (χ1v) is 5.09. The first-order chi connectivity index (χ1) is 6.79. The minimum atomic E-state index is -1.17. The zero-order valence-corrected chi connectivity index (χ0v) is 9.29. The summed E-state index contributed by atoms with van der Waals surface area (Å²) in [7, 11) is 0. The molecule has 0 aromatic heterocycles. The Bertz CT molecular complexity index is 212. The van der Waals surface area contributed by atoms with Crippen LogP contribution in [-0.2, 0) is 4.74 Å². The highest BCUT2D eigenvalue weighted by Gasteiger charge is 2.48. The van der Waals surface area contributed by atoms with Gasteiger partial charge >= 0.3 is 0 Å². The minimum Gasteiger partial charge on any atom is -0.394 e. The van der Waals surface area contributed by atoms with Crippen molar-refractivity contribution in [1.82, 2.24) is 0 Å². The van der Waals surface area contributed by atoms with Crippen LogP contribution in [0.25, 0.3) is 0 Å². The third-order valence-electron chi connectivity index (χ3n) is 2.90. The van der Waals surface area contributed by atoms with E-state index in [4.69, 9.17) is 9.84 Å². The molecule has 0 bridgehead atoms. The molecule has 0 radical (unpaired) electrons. The fourth-order valence-corrected chi connectivity index (χ4v) is 2.04. The molecular formula is C10H20O5. The Balaban J connectivity index is 2.84. The van der Waals surface area contributed by atoms with Crippen LogP contribution in [0, 0.1) is 11.3 Å². The molecule has 0 spiro atoms. The monoisotopic (exact) mass is 220 g/mol. The molecule has 5 atom stereocenters. The molecule has 1 heterocycles. The number of aliphatic hydroxyl groups is 4. The second kappa shape index (κ2) is 4.35. The van der Waals surface area contributed by atoms with Gasteiger partial charge in [-0.25, -0.2) is 0 Å². The Morgan fingerprint density at radius 1 is 1.07 bits per heavy atom. The number of rotatable bonds is 1. The van der Waals surface area contributed by atoms with Gasteiger partial charge in [0, 0.05) is 5.92 Å². The van der Waals surface area contributed by atoms with Crippen molar-refractivity contribution in [2.24, 2.45) is 11.3 Å². The van der Waals surface area contributed by atoms with Gasteiger partial charge in [-0.2, -0.15) is 0 Å². The first kappa shape index (κ1) is 12.9. The van der Waals surface area contributed by atoms with Crippen LogP contribution >= 0.6 is 0 Å². The lowest BCUT2D eigenvalue weighted by Gasteiger charge is -2.45.